The average Bonchev–Trinajstić information content (AvgIpc) is 2.67. The van der Waals surface area contributed by atoms with Crippen LogP contribution in [0.1, 0.15) is 0 Å². The lowest BCUT2D eigenvalue weighted by Crippen LogP contribution is -2.29. The van der Waals surface area contributed by atoms with Crippen LogP contribution in [0, 0.1) is 0 Å². The number of rotatable bonds is 2. The van der Waals surface area contributed by atoms with Crippen LogP contribution in [0.2, 0.25) is 5.02 Å². The third-order valence-corrected chi connectivity index (χ3v) is 3.37. The van der Waals surface area contributed by atoms with E-state index in [4.69, 9.17) is 16.3 Å². The van der Waals surface area contributed by atoms with Crippen molar-refractivity contribution in [2.75, 3.05) is 12.4 Å². The van der Waals surface area contributed by atoms with E-state index >= 15 is 0 Å². The molecule has 0 spiro atoms. The number of methoxy groups -OCH3 is 1. The van der Waals surface area contributed by atoms with Crippen molar-refractivity contribution in [1.29, 1.82) is 0 Å². The molecule has 0 aliphatic heterocycles. The molecule has 0 radical (unpaired) electrons. The van der Waals surface area contributed by atoms with Crippen molar-refractivity contribution in [2.45, 2.75) is 6.18 Å². The highest BCUT2D eigenvalue weighted by molar-refractivity contribution is 7.22. The van der Waals surface area contributed by atoms with Crippen molar-refractivity contribution in [3.63, 3.8) is 0 Å². The van der Waals surface area contributed by atoms with Crippen molar-refractivity contribution in [1.82, 2.24) is 4.98 Å². The van der Waals surface area contributed by atoms with Gasteiger partial charge in [-0.1, -0.05) is 22.9 Å². The molecule has 1 N–H and O–H groups in total. The molecule has 2 aromatic rings. The van der Waals surface area contributed by atoms with Crippen LogP contribution in [0.5, 0.6) is 5.75 Å². The molecular formula is C10H6ClF3N2O2S. The largest absolute Gasteiger partial charge is 0.495 e. The zero-order valence-electron chi connectivity index (χ0n) is 9.34. The standard InChI is InChI=1S/C10H6ClF3N2O2S/c1-18-6-3-7-5(2-4(6)11)15-9(19-7)16-8(17)10(12,13)14/h2-3H,1H3,(H,15,16,17). The summed E-state index contributed by atoms with van der Waals surface area (Å²) in [4.78, 5) is 14.6. The third kappa shape index (κ3) is 2.90. The lowest BCUT2D eigenvalue weighted by atomic mass is 10.3. The molecule has 0 saturated heterocycles. The van der Waals surface area contributed by atoms with Crippen LogP contribution in [0.3, 0.4) is 0 Å². The summed E-state index contributed by atoms with van der Waals surface area (Å²) in [5.41, 5.74) is 0.383. The van der Waals surface area contributed by atoms with Gasteiger partial charge in [-0.25, -0.2) is 4.98 Å². The van der Waals surface area contributed by atoms with Crippen LogP contribution in [0.4, 0.5) is 18.3 Å². The summed E-state index contributed by atoms with van der Waals surface area (Å²) in [6, 6.07) is 2.99. The molecular weight excluding hydrogens is 305 g/mol. The van der Waals surface area contributed by atoms with Crippen molar-refractivity contribution >= 4 is 44.2 Å². The first-order valence-corrected chi connectivity index (χ1v) is 6.03. The van der Waals surface area contributed by atoms with Gasteiger partial charge in [-0.15, -0.1) is 0 Å². The molecule has 0 unspecified atom stereocenters. The smallest absolute Gasteiger partial charge is 0.471 e. The van der Waals surface area contributed by atoms with Gasteiger partial charge in [0.25, 0.3) is 0 Å². The van der Waals surface area contributed by atoms with Crippen LogP contribution >= 0.6 is 22.9 Å². The van der Waals surface area contributed by atoms with Crippen molar-refractivity contribution in [3.8, 4) is 5.75 Å². The Labute approximate surface area is 114 Å². The van der Waals surface area contributed by atoms with Crippen molar-refractivity contribution < 1.29 is 22.7 Å². The summed E-state index contributed by atoms with van der Waals surface area (Å²) in [7, 11) is 1.42. The number of nitrogens with zero attached hydrogens (tertiary/aromatic N) is 1. The van der Waals surface area contributed by atoms with Gasteiger partial charge in [0.15, 0.2) is 5.13 Å². The Morgan fingerprint density at radius 2 is 2.16 bits per heavy atom. The SMILES string of the molecule is COc1cc2sc(NC(=O)C(F)(F)F)nc2cc1Cl. The number of amides is 1. The highest BCUT2D eigenvalue weighted by Crippen LogP contribution is 2.34. The maximum absolute atomic E-state index is 12.1. The number of aromatic nitrogens is 1. The van der Waals surface area contributed by atoms with Gasteiger partial charge < -0.3 is 4.74 Å². The molecule has 0 bridgehead atoms. The summed E-state index contributed by atoms with van der Waals surface area (Å²) in [5, 5.41) is 1.82. The normalized spacial score (nSPS) is 11.6. The van der Waals surface area contributed by atoms with Crippen LogP contribution in [0.15, 0.2) is 12.1 Å². The van der Waals surface area contributed by atoms with E-state index in [1.165, 1.54) is 13.2 Å². The molecule has 102 valence electrons. The average molecular weight is 311 g/mol. The predicted octanol–water partition coefficient (Wildman–Crippen LogP) is 3.46. The van der Waals surface area contributed by atoms with Gasteiger partial charge >= 0.3 is 12.1 Å². The van der Waals surface area contributed by atoms with Gasteiger partial charge in [-0.3, -0.25) is 10.1 Å². The maximum Gasteiger partial charge on any atom is 0.471 e. The number of anilines is 1. The molecule has 4 nitrogen and oxygen atoms in total. The van der Waals surface area contributed by atoms with Gasteiger partial charge in [0.1, 0.15) is 5.75 Å². The molecule has 0 aliphatic carbocycles. The molecule has 1 heterocycles. The molecule has 19 heavy (non-hydrogen) atoms. The van der Waals surface area contributed by atoms with E-state index in [1.54, 1.807) is 11.4 Å². The second-order valence-corrected chi connectivity index (χ2v) is 4.86. The number of carbonyl (C=O) groups excluding carboxylic acids is 1. The Bertz CT molecular complexity index is 641. The Hall–Kier alpha value is -1.54. The van der Waals surface area contributed by atoms with E-state index in [0.29, 0.717) is 16.0 Å². The Morgan fingerprint density at radius 1 is 1.47 bits per heavy atom. The van der Waals surface area contributed by atoms with Gasteiger partial charge in [0, 0.05) is 6.07 Å². The van der Waals surface area contributed by atoms with Crippen LogP contribution in [-0.2, 0) is 4.79 Å². The summed E-state index contributed by atoms with van der Waals surface area (Å²) < 4.78 is 41.8. The van der Waals surface area contributed by atoms with Crippen LogP contribution in [0.25, 0.3) is 10.2 Å². The van der Waals surface area contributed by atoms with E-state index < -0.39 is 12.1 Å². The van der Waals surface area contributed by atoms with Gasteiger partial charge in [-0.05, 0) is 6.07 Å². The third-order valence-electron chi connectivity index (χ3n) is 2.14. The Morgan fingerprint density at radius 3 is 2.74 bits per heavy atom. The molecule has 0 aliphatic rings. The second kappa shape index (κ2) is 4.86. The van der Waals surface area contributed by atoms with Crippen molar-refractivity contribution in [3.05, 3.63) is 17.2 Å². The summed E-state index contributed by atoms with van der Waals surface area (Å²) in [5.74, 6) is -1.68. The lowest BCUT2D eigenvalue weighted by molar-refractivity contribution is -0.167. The Balaban J connectivity index is 2.34. The first-order chi connectivity index (χ1) is 8.81. The molecule has 9 heteroatoms. The molecule has 1 amide bonds. The quantitative estimate of drug-likeness (QED) is 0.924. The molecule has 0 atom stereocenters. The monoisotopic (exact) mass is 310 g/mol. The number of hydrogen-bond acceptors (Lipinski definition) is 4. The van der Waals surface area contributed by atoms with Gasteiger partial charge in [0.2, 0.25) is 0 Å². The number of thiazole rings is 1. The number of benzene rings is 1. The van der Waals surface area contributed by atoms with E-state index in [0.717, 1.165) is 11.3 Å². The zero-order valence-corrected chi connectivity index (χ0v) is 10.9. The second-order valence-electron chi connectivity index (χ2n) is 3.43. The van der Waals surface area contributed by atoms with E-state index in [9.17, 15) is 18.0 Å². The first-order valence-electron chi connectivity index (χ1n) is 4.83. The minimum absolute atomic E-state index is 0.151. The fourth-order valence-corrected chi connectivity index (χ4v) is 2.41. The summed E-state index contributed by atoms with van der Waals surface area (Å²) >= 11 is 6.76. The topological polar surface area (TPSA) is 51.2 Å². The molecule has 1 aromatic carbocycles. The highest BCUT2D eigenvalue weighted by atomic mass is 35.5. The lowest BCUT2D eigenvalue weighted by Gasteiger charge is -2.03. The first kappa shape index (κ1) is 13.9. The van der Waals surface area contributed by atoms with E-state index in [1.807, 2.05) is 0 Å². The van der Waals surface area contributed by atoms with E-state index in [-0.39, 0.29) is 10.2 Å². The molecule has 0 saturated carbocycles. The van der Waals surface area contributed by atoms with Crippen molar-refractivity contribution in [2.24, 2.45) is 0 Å². The number of hydrogen-bond donors (Lipinski definition) is 1. The fraction of sp³-hybridized carbons (Fsp3) is 0.200. The van der Waals surface area contributed by atoms with Crippen LogP contribution in [-0.4, -0.2) is 24.2 Å². The number of ether oxygens (including phenoxy) is 1. The minimum Gasteiger partial charge on any atom is -0.495 e. The van der Waals surface area contributed by atoms with Gasteiger partial charge in [-0.2, -0.15) is 13.2 Å². The number of halogens is 4. The summed E-state index contributed by atoms with van der Waals surface area (Å²) in [6.07, 6.45) is -4.95. The number of nitrogens with one attached hydrogen (secondary N) is 1. The molecule has 2 rings (SSSR count). The number of carbonyl (C=O) groups is 1. The summed E-state index contributed by atoms with van der Waals surface area (Å²) in [6.45, 7) is 0. The minimum atomic E-state index is -4.95. The molecule has 0 fully saturated rings. The number of alkyl halides is 3. The number of fused-ring (bicyclic) bond motifs is 1. The highest BCUT2D eigenvalue weighted by Gasteiger charge is 2.39. The molecule has 1 aromatic heterocycles. The maximum atomic E-state index is 12.1. The van der Waals surface area contributed by atoms with Gasteiger partial charge in [0.05, 0.1) is 22.3 Å². The van der Waals surface area contributed by atoms with E-state index in [2.05, 4.69) is 4.98 Å². The fourth-order valence-electron chi connectivity index (χ4n) is 1.31. The zero-order chi connectivity index (χ0) is 14.2. The predicted molar refractivity (Wildman–Crippen MR) is 65.9 cm³/mol. The van der Waals surface area contributed by atoms with Crippen LogP contribution < -0.4 is 10.1 Å². The Kier molecular flexibility index (Phi) is 3.55.